The zero-order valence-electron chi connectivity index (χ0n) is 13.4. The standard InChI is InChI=1S/C15H18ClF3N2O3S/c1-25(23,24)21(9-14(22)20-11-4-2-3-5-11)13-8-10(15(17,18)19)6-7-12(13)16/h6-8,11H,2-5,9H2,1H3,(H,20,22). The van der Waals surface area contributed by atoms with Crippen molar-refractivity contribution < 1.29 is 26.4 Å². The first-order valence-electron chi connectivity index (χ1n) is 7.62. The minimum absolute atomic E-state index is 0.0362. The number of hydrogen-bond acceptors (Lipinski definition) is 3. The number of hydrogen-bond donors (Lipinski definition) is 1. The molecule has 1 aromatic carbocycles. The Kier molecular flexibility index (Phi) is 5.88. The SMILES string of the molecule is CS(=O)(=O)N(CC(=O)NC1CCCC1)c1cc(C(F)(F)F)ccc1Cl. The second-order valence-corrected chi connectivity index (χ2v) is 8.30. The number of benzene rings is 1. The molecule has 10 heteroatoms. The molecule has 25 heavy (non-hydrogen) atoms. The van der Waals surface area contributed by atoms with Crippen LogP contribution < -0.4 is 9.62 Å². The Morgan fingerprint density at radius 1 is 1.32 bits per heavy atom. The van der Waals surface area contributed by atoms with Crippen molar-refractivity contribution in [2.24, 2.45) is 0 Å². The van der Waals surface area contributed by atoms with Gasteiger partial charge in [0.1, 0.15) is 6.54 Å². The van der Waals surface area contributed by atoms with E-state index >= 15 is 0 Å². The summed E-state index contributed by atoms with van der Waals surface area (Å²) in [5.41, 5.74) is -1.42. The molecule has 1 aliphatic carbocycles. The van der Waals surface area contributed by atoms with Crippen LogP contribution in [0.5, 0.6) is 0 Å². The molecule has 1 fully saturated rings. The molecule has 2 rings (SSSR count). The second-order valence-electron chi connectivity index (χ2n) is 5.98. The van der Waals surface area contributed by atoms with E-state index in [0.29, 0.717) is 10.4 Å². The molecular formula is C15H18ClF3N2O3S. The molecule has 1 aromatic rings. The summed E-state index contributed by atoms with van der Waals surface area (Å²) < 4.78 is 63.3. The van der Waals surface area contributed by atoms with Crippen LogP contribution in [0, 0.1) is 0 Å². The molecule has 140 valence electrons. The summed E-state index contributed by atoms with van der Waals surface area (Å²) >= 11 is 5.90. The zero-order chi connectivity index (χ0) is 18.8. The van der Waals surface area contributed by atoms with Crippen molar-refractivity contribution in [2.45, 2.75) is 37.9 Å². The van der Waals surface area contributed by atoms with Gasteiger partial charge in [-0.15, -0.1) is 0 Å². The average Bonchev–Trinajstić information content (AvgIpc) is 2.96. The first-order valence-corrected chi connectivity index (χ1v) is 9.85. The van der Waals surface area contributed by atoms with Gasteiger partial charge in [-0.25, -0.2) is 8.42 Å². The molecule has 0 radical (unpaired) electrons. The molecule has 5 nitrogen and oxygen atoms in total. The topological polar surface area (TPSA) is 66.5 Å². The van der Waals surface area contributed by atoms with Crippen LogP contribution in [0.25, 0.3) is 0 Å². The van der Waals surface area contributed by atoms with Gasteiger partial charge in [-0.2, -0.15) is 13.2 Å². The molecule has 0 saturated heterocycles. The highest BCUT2D eigenvalue weighted by molar-refractivity contribution is 7.92. The first-order chi connectivity index (χ1) is 11.5. The molecule has 0 atom stereocenters. The van der Waals surface area contributed by atoms with Crippen molar-refractivity contribution in [3.05, 3.63) is 28.8 Å². The number of carbonyl (C=O) groups excluding carboxylic acids is 1. The Bertz CT molecular complexity index is 747. The summed E-state index contributed by atoms with van der Waals surface area (Å²) in [5.74, 6) is -0.578. The van der Waals surface area contributed by atoms with Gasteiger partial charge >= 0.3 is 6.18 Å². The Morgan fingerprint density at radius 3 is 2.44 bits per heavy atom. The average molecular weight is 399 g/mol. The minimum atomic E-state index is -4.66. The Balaban J connectivity index is 2.30. The van der Waals surface area contributed by atoms with Crippen LogP contribution in [-0.4, -0.2) is 33.2 Å². The monoisotopic (exact) mass is 398 g/mol. The molecule has 0 spiro atoms. The van der Waals surface area contributed by atoms with E-state index in [1.807, 2.05) is 0 Å². The molecule has 0 aliphatic heterocycles. The van der Waals surface area contributed by atoms with Crippen molar-refractivity contribution in [3.63, 3.8) is 0 Å². The maximum Gasteiger partial charge on any atom is 0.416 e. The number of nitrogens with zero attached hydrogens (tertiary/aromatic N) is 1. The number of anilines is 1. The zero-order valence-corrected chi connectivity index (χ0v) is 15.0. The highest BCUT2D eigenvalue weighted by Gasteiger charge is 2.33. The predicted octanol–water partition coefficient (Wildman–Crippen LogP) is 3.18. The predicted molar refractivity (Wildman–Crippen MR) is 89.0 cm³/mol. The summed E-state index contributed by atoms with van der Waals surface area (Å²) in [5, 5.41) is 2.52. The number of rotatable bonds is 5. The summed E-state index contributed by atoms with van der Waals surface area (Å²) in [6.45, 7) is -0.629. The van der Waals surface area contributed by atoms with Gasteiger partial charge in [-0.3, -0.25) is 9.10 Å². The van der Waals surface area contributed by atoms with Crippen LogP contribution in [0.1, 0.15) is 31.2 Å². The molecule has 0 aromatic heterocycles. The minimum Gasteiger partial charge on any atom is -0.352 e. The van der Waals surface area contributed by atoms with Gasteiger partial charge in [0.25, 0.3) is 0 Å². The number of carbonyl (C=O) groups is 1. The number of sulfonamides is 1. The fraction of sp³-hybridized carbons (Fsp3) is 0.533. The summed E-state index contributed by atoms with van der Waals surface area (Å²) in [6, 6.07) is 2.31. The van der Waals surface area contributed by atoms with E-state index in [4.69, 9.17) is 11.6 Å². The van der Waals surface area contributed by atoms with Crippen LogP contribution in [0.3, 0.4) is 0 Å². The van der Waals surface area contributed by atoms with Crippen molar-refractivity contribution in [1.82, 2.24) is 5.32 Å². The van der Waals surface area contributed by atoms with Gasteiger partial charge in [0.2, 0.25) is 15.9 Å². The third-order valence-electron chi connectivity index (χ3n) is 3.95. The third kappa shape index (κ3) is 5.24. The first kappa shape index (κ1) is 19.8. The summed E-state index contributed by atoms with van der Waals surface area (Å²) in [7, 11) is -4.01. The van der Waals surface area contributed by atoms with Gasteiger partial charge < -0.3 is 5.32 Å². The molecular weight excluding hydrogens is 381 g/mol. The van der Waals surface area contributed by atoms with E-state index < -0.39 is 34.2 Å². The summed E-state index contributed by atoms with van der Waals surface area (Å²) in [4.78, 5) is 12.1. The van der Waals surface area contributed by atoms with E-state index in [1.54, 1.807) is 0 Å². The Labute approximate surface area is 149 Å². The summed E-state index contributed by atoms with van der Waals surface area (Å²) in [6.07, 6.45) is -0.300. The quantitative estimate of drug-likeness (QED) is 0.828. The molecule has 0 heterocycles. The molecule has 0 unspecified atom stereocenters. The Morgan fingerprint density at radius 2 is 1.92 bits per heavy atom. The van der Waals surface area contributed by atoms with Crippen LogP contribution in [0.2, 0.25) is 5.02 Å². The van der Waals surface area contributed by atoms with Crippen LogP contribution >= 0.6 is 11.6 Å². The lowest BCUT2D eigenvalue weighted by molar-refractivity contribution is -0.137. The van der Waals surface area contributed by atoms with Gasteiger partial charge in [0.15, 0.2) is 0 Å². The number of alkyl halides is 3. The molecule has 1 aliphatic rings. The van der Waals surface area contributed by atoms with E-state index in [2.05, 4.69) is 5.32 Å². The van der Waals surface area contributed by atoms with E-state index in [1.165, 1.54) is 0 Å². The molecule has 1 amide bonds. The van der Waals surface area contributed by atoms with Gasteiger partial charge in [-0.05, 0) is 31.0 Å². The lowest BCUT2D eigenvalue weighted by atomic mass is 10.2. The fourth-order valence-electron chi connectivity index (χ4n) is 2.74. The van der Waals surface area contributed by atoms with Crippen molar-refractivity contribution in [3.8, 4) is 0 Å². The Hall–Kier alpha value is -1.48. The number of nitrogens with one attached hydrogen (secondary N) is 1. The highest BCUT2D eigenvalue weighted by atomic mass is 35.5. The molecule has 1 N–H and O–H groups in total. The number of amides is 1. The van der Waals surface area contributed by atoms with Crippen LogP contribution in [-0.2, 0) is 21.0 Å². The normalized spacial score (nSPS) is 16.0. The van der Waals surface area contributed by atoms with Crippen molar-refractivity contribution >= 4 is 33.2 Å². The second kappa shape index (κ2) is 7.41. The molecule has 0 bridgehead atoms. The van der Waals surface area contributed by atoms with Crippen LogP contribution in [0.15, 0.2) is 18.2 Å². The van der Waals surface area contributed by atoms with E-state index in [0.717, 1.165) is 44.1 Å². The van der Waals surface area contributed by atoms with Gasteiger partial charge in [0.05, 0.1) is 22.5 Å². The van der Waals surface area contributed by atoms with Crippen molar-refractivity contribution in [1.29, 1.82) is 0 Å². The van der Waals surface area contributed by atoms with Gasteiger partial charge in [-0.1, -0.05) is 24.4 Å². The lowest BCUT2D eigenvalue weighted by Crippen LogP contribution is -2.43. The maximum atomic E-state index is 12.9. The van der Waals surface area contributed by atoms with E-state index in [-0.39, 0.29) is 16.8 Å². The number of halogens is 4. The largest absolute Gasteiger partial charge is 0.416 e. The smallest absolute Gasteiger partial charge is 0.352 e. The van der Waals surface area contributed by atoms with Crippen molar-refractivity contribution in [2.75, 3.05) is 17.1 Å². The van der Waals surface area contributed by atoms with E-state index in [9.17, 15) is 26.4 Å². The third-order valence-corrected chi connectivity index (χ3v) is 5.40. The fourth-order valence-corrected chi connectivity index (χ4v) is 3.86. The van der Waals surface area contributed by atoms with Gasteiger partial charge in [0, 0.05) is 6.04 Å². The lowest BCUT2D eigenvalue weighted by Gasteiger charge is -2.24. The maximum absolute atomic E-state index is 12.9. The van der Waals surface area contributed by atoms with Crippen LogP contribution in [0.4, 0.5) is 18.9 Å². The highest BCUT2D eigenvalue weighted by Crippen LogP contribution is 2.36. The molecule has 1 saturated carbocycles.